The van der Waals surface area contributed by atoms with Crippen molar-refractivity contribution in [2.75, 3.05) is 13.2 Å². The van der Waals surface area contributed by atoms with Crippen LogP contribution in [0.25, 0.3) is 0 Å². The molecule has 2 rings (SSSR count). The summed E-state index contributed by atoms with van der Waals surface area (Å²) < 4.78 is 10.2. The summed E-state index contributed by atoms with van der Waals surface area (Å²) in [6.45, 7) is -0.0778. The molecule has 154 valence electrons. The molecule has 0 spiro atoms. The Hall–Kier alpha value is -1.28. The van der Waals surface area contributed by atoms with E-state index in [1.165, 1.54) is 0 Å². The van der Waals surface area contributed by atoms with Crippen molar-refractivity contribution in [1.29, 1.82) is 0 Å². The minimum Gasteiger partial charge on any atom is -0.550 e. The number of carbonyl (C=O) groups is 3. The molecule has 0 bridgehead atoms. The molecular formula is C20H25ClNNaO6. The number of hydrogen-bond acceptors (Lipinski definition) is 6. The number of alkyl carbamates (subject to hydrolysis) is 1. The molecule has 0 aliphatic heterocycles. The van der Waals surface area contributed by atoms with Crippen LogP contribution in [0.2, 0.25) is 5.02 Å². The Bertz CT molecular complexity index is 663. The molecule has 1 saturated carbocycles. The number of aliphatic carboxylic acids is 1. The molecule has 0 heterocycles. The van der Waals surface area contributed by atoms with Gasteiger partial charge in [0.2, 0.25) is 0 Å². The van der Waals surface area contributed by atoms with Crippen molar-refractivity contribution in [3.05, 3.63) is 34.9 Å². The average molecular weight is 434 g/mol. The Balaban J connectivity index is 0.00000420. The zero-order valence-corrected chi connectivity index (χ0v) is 19.4. The molecule has 1 aliphatic rings. The fourth-order valence-corrected chi connectivity index (χ4v) is 3.32. The number of esters is 1. The molecule has 1 atom stereocenters. The number of nitrogens with one attached hydrogen (secondary N) is 1. The maximum atomic E-state index is 12.0. The predicted octanol–water partition coefficient (Wildman–Crippen LogP) is -0.235. The van der Waals surface area contributed by atoms with E-state index in [0.717, 1.165) is 32.1 Å². The van der Waals surface area contributed by atoms with Crippen molar-refractivity contribution in [2.24, 2.45) is 5.92 Å². The Morgan fingerprint density at radius 2 is 1.69 bits per heavy atom. The fourth-order valence-electron chi connectivity index (χ4n) is 3.20. The molecule has 1 aromatic carbocycles. The van der Waals surface area contributed by atoms with Crippen LogP contribution in [0.1, 0.15) is 56.6 Å². The maximum absolute atomic E-state index is 12.0. The molecule has 1 aliphatic carbocycles. The van der Waals surface area contributed by atoms with Gasteiger partial charge < -0.3 is 24.7 Å². The summed E-state index contributed by atoms with van der Waals surface area (Å²) in [6, 6.07) is 6.15. The first kappa shape index (κ1) is 25.8. The monoisotopic (exact) mass is 433 g/mol. The molecule has 0 aromatic heterocycles. The molecule has 1 N–H and O–H groups in total. The summed E-state index contributed by atoms with van der Waals surface area (Å²) >= 11 is 5.86. The summed E-state index contributed by atoms with van der Waals surface area (Å²) in [5.41, 5.74) is 0.700. The van der Waals surface area contributed by atoms with E-state index < -0.39 is 18.1 Å². The minimum absolute atomic E-state index is 0. The number of benzene rings is 1. The quantitative estimate of drug-likeness (QED) is 0.327. The first-order valence-corrected chi connectivity index (χ1v) is 9.88. The predicted molar refractivity (Wildman–Crippen MR) is 100 cm³/mol. The van der Waals surface area contributed by atoms with E-state index in [9.17, 15) is 19.5 Å². The van der Waals surface area contributed by atoms with Gasteiger partial charge in [-0.1, -0.05) is 43.0 Å². The largest absolute Gasteiger partial charge is 1.00 e. The van der Waals surface area contributed by atoms with E-state index >= 15 is 0 Å². The molecule has 9 heteroatoms. The van der Waals surface area contributed by atoms with Gasteiger partial charge >= 0.3 is 41.6 Å². The van der Waals surface area contributed by atoms with Crippen LogP contribution < -0.4 is 40.0 Å². The number of carboxylic acid groups (broad SMARTS) is 1. The molecule has 0 radical (unpaired) electrons. The third-order valence-corrected chi connectivity index (χ3v) is 4.95. The second-order valence-electron chi connectivity index (χ2n) is 6.80. The maximum Gasteiger partial charge on any atom is 1.00 e. The number of carbonyl (C=O) groups excluding carboxylic acids is 3. The molecular weight excluding hydrogens is 409 g/mol. The number of carboxylic acids is 1. The van der Waals surface area contributed by atoms with Crippen LogP contribution in [-0.2, 0) is 19.1 Å². The second-order valence-corrected chi connectivity index (χ2v) is 7.23. The molecule has 1 fully saturated rings. The molecule has 7 nitrogen and oxygen atoms in total. The van der Waals surface area contributed by atoms with Gasteiger partial charge in [-0.05, 0) is 43.4 Å². The van der Waals surface area contributed by atoms with Gasteiger partial charge in [0.25, 0.3) is 0 Å². The van der Waals surface area contributed by atoms with Gasteiger partial charge in [0, 0.05) is 11.0 Å². The summed E-state index contributed by atoms with van der Waals surface area (Å²) in [5, 5.41) is 13.9. The van der Waals surface area contributed by atoms with E-state index in [1.54, 1.807) is 24.3 Å². The van der Waals surface area contributed by atoms with Gasteiger partial charge in [-0.2, -0.15) is 0 Å². The van der Waals surface area contributed by atoms with Crippen LogP contribution in [0, 0.1) is 5.92 Å². The number of halogens is 1. The van der Waals surface area contributed by atoms with Gasteiger partial charge in [0.05, 0.1) is 12.0 Å². The van der Waals surface area contributed by atoms with Gasteiger partial charge in [0.1, 0.15) is 13.2 Å². The van der Waals surface area contributed by atoms with Crippen molar-refractivity contribution < 1.29 is 58.5 Å². The SMILES string of the molecule is O=C([O-])CCC(NC(=O)OCCOC(=O)C1CCCCC1)c1ccc(Cl)cc1.[Na+]. The third-order valence-electron chi connectivity index (χ3n) is 4.70. The number of amides is 1. The fraction of sp³-hybridized carbons (Fsp3) is 0.550. The Kier molecular flexibility index (Phi) is 12.3. The zero-order valence-electron chi connectivity index (χ0n) is 16.7. The first-order valence-electron chi connectivity index (χ1n) is 9.51. The van der Waals surface area contributed by atoms with E-state index in [4.69, 9.17) is 21.1 Å². The molecule has 29 heavy (non-hydrogen) atoms. The average Bonchev–Trinajstić information content (AvgIpc) is 2.69. The van der Waals surface area contributed by atoms with Gasteiger partial charge in [-0.3, -0.25) is 4.79 Å². The Morgan fingerprint density at radius 1 is 1.07 bits per heavy atom. The summed E-state index contributed by atoms with van der Waals surface area (Å²) in [6.07, 6.45) is 4.14. The van der Waals surface area contributed by atoms with Crippen LogP contribution in [0.4, 0.5) is 4.79 Å². The molecule has 1 amide bonds. The van der Waals surface area contributed by atoms with Gasteiger partial charge in [-0.25, -0.2) is 4.79 Å². The van der Waals surface area contributed by atoms with Crippen molar-refractivity contribution in [3.8, 4) is 0 Å². The van der Waals surface area contributed by atoms with Crippen LogP contribution in [0.5, 0.6) is 0 Å². The normalized spacial score (nSPS) is 14.9. The second kappa shape index (κ2) is 13.9. The van der Waals surface area contributed by atoms with E-state index in [-0.39, 0.29) is 67.5 Å². The Labute approximate surface area is 197 Å². The first-order chi connectivity index (χ1) is 13.5. The van der Waals surface area contributed by atoms with E-state index in [1.807, 2.05) is 0 Å². The number of hydrogen-bond donors (Lipinski definition) is 1. The van der Waals surface area contributed by atoms with Crippen molar-refractivity contribution in [3.63, 3.8) is 0 Å². The topological polar surface area (TPSA) is 105 Å². The van der Waals surface area contributed by atoms with Crippen molar-refractivity contribution in [1.82, 2.24) is 5.32 Å². The van der Waals surface area contributed by atoms with E-state index in [0.29, 0.717) is 10.6 Å². The van der Waals surface area contributed by atoms with Gasteiger partial charge in [-0.15, -0.1) is 0 Å². The van der Waals surface area contributed by atoms with Crippen LogP contribution in [0.3, 0.4) is 0 Å². The van der Waals surface area contributed by atoms with Crippen LogP contribution >= 0.6 is 11.6 Å². The minimum atomic E-state index is -1.20. The Morgan fingerprint density at radius 3 is 2.31 bits per heavy atom. The number of rotatable bonds is 9. The van der Waals surface area contributed by atoms with E-state index in [2.05, 4.69) is 5.32 Å². The molecule has 0 saturated heterocycles. The number of ether oxygens (including phenoxy) is 2. The molecule has 1 unspecified atom stereocenters. The smallest absolute Gasteiger partial charge is 0.550 e. The standard InChI is InChI=1S/C20H26ClNO6.Na/c21-16-8-6-14(7-9-16)17(10-11-18(23)24)22-20(26)28-13-12-27-19(25)15-4-2-1-3-5-15;/h6-9,15,17H,1-5,10-13H2,(H,22,26)(H,23,24);/q;+1/p-1. The summed E-state index contributed by atoms with van der Waals surface area (Å²) in [5.74, 6) is -1.50. The van der Waals surface area contributed by atoms with Crippen molar-refractivity contribution in [2.45, 2.75) is 51.0 Å². The van der Waals surface area contributed by atoms with Crippen LogP contribution in [0.15, 0.2) is 24.3 Å². The van der Waals surface area contributed by atoms with Gasteiger partial charge in [0.15, 0.2) is 0 Å². The zero-order chi connectivity index (χ0) is 20.4. The third kappa shape index (κ3) is 9.85. The van der Waals surface area contributed by atoms with Crippen molar-refractivity contribution >= 4 is 29.6 Å². The molecule has 1 aromatic rings. The van der Waals surface area contributed by atoms with Crippen LogP contribution in [-0.4, -0.2) is 31.2 Å². The summed E-state index contributed by atoms with van der Waals surface area (Å²) in [7, 11) is 0. The summed E-state index contributed by atoms with van der Waals surface area (Å²) in [4.78, 5) is 34.7.